The number of hydrogen-bond donors (Lipinski definition) is 2. The molecule has 1 aliphatic rings. The molecule has 1 unspecified atom stereocenters. The standard InChI is InChI=1S/C13H15F2N3O2S/c14-11-5-9(7-16)6-12(15)13(11)21(19,20)18-8-10-3-1-2-4-17-10/h5-6,10,17-18H,1-4,8H2. The van der Waals surface area contributed by atoms with E-state index >= 15 is 0 Å². The summed E-state index contributed by atoms with van der Waals surface area (Å²) in [5.41, 5.74) is -0.266. The summed E-state index contributed by atoms with van der Waals surface area (Å²) in [5, 5.41) is 11.7. The summed E-state index contributed by atoms with van der Waals surface area (Å²) in [6.45, 7) is 0.868. The smallest absolute Gasteiger partial charge is 0.246 e. The van der Waals surface area contributed by atoms with E-state index in [2.05, 4.69) is 10.0 Å². The van der Waals surface area contributed by atoms with E-state index in [0.717, 1.165) is 25.8 Å². The maximum absolute atomic E-state index is 13.7. The molecule has 5 nitrogen and oxygen atoms in total. The first-order chi connectivity index (χ1) is 9.94. The molecule has 0 bridgehead atoms. The molecule has 0 aromatic heterocycles. The van der Waals surface area contributed by atoms with E-state index in [-0.39, 0.29) is 18.2 Å². The second-order valence-corrected chi connectivity index (χ2v) is 6.58. The van der Waals surface area contributed by atoms with Crippen molar-refractivity contribution in [3.8, 4) is 6.07 Å². The van der Waals surface area contributed by atoms with Gasteiger partial charge in [0.15, 0.2) is 4.90 Å². The lowest BCUT2D eigenvalue weighted by Crippen LogP contribution is -2.43. The third kappa shape index (κ3) is 3.75. The first-order valence-electron chi connectivity index (χ1n) is 6.56. The second-order valence-electron chi connectivity index (χ2n) is 4.88. The van der Waals surface area contributed by atoms with Crippen LogP contribution in [0, 0.1) is 23.0 Å². The van der Waals surface area contributed by atoms with Gasteiger partial charge in [0.05, 0.1) is 11.6 Å². The van der Waals surface area contributed by atoms with E-state index in [1.165, 1.54) is 0 Å². The fourth-order valence-electron chi connectivity index (χ4n) is 2.26. The lowest BCUT2D eigenvalue weighted by atomic mass is 10.1. The highest BCUT2D eigenvalue weighted by Gasteiger charge is 2.26. The predicted octanol–water partition coefficient (Wildman–Crippen LogP) is 1.26. The molecule has 8 heteroatoms. The molecule has 0 aliphatic carbocycles. The zero-order chi connectivity index (χ0) is 15.5. The van der Waals surface area contributed by atoms with E-state index in [4.69, 9.17) is 5.26 Å². The van der Waals surface area contributed by atoms with Crippen LogP contribution in [0.5, 0.6) is 0 Å². The first kappa shape index (κ1) is 15.8. The third-order valence-corrected chi connectivity index (χ3v) is 4.80. The normalized spacial score (nSPS) is 19.2. The van der Waals surface area contributed by atoms with Gasteiger partial charge in [-0.2, -0.15) is 5.26 Å². The molecule has 1 atom stereocenters. The Hall–Kier alpha value is -1.56. The minimum atomic E-state index is -4.30. The number of piperidine rings is 1. The Labute approximate surface area is 122 Å². The van der Waals surface area contributed by atoms with Crippen molar-refractivity contribution in [2.75, 3.05) is 13.1 Å². The van der Waals surface area contributed by atoms with Crippen LogP contribution < -0.4 is 10.0 Å². The van der Waals surface area contributed by atoms with Gasteiger partial charge in [0.1, 0.15) is 11.6 Å². The Bertz CT molecular complexity index is 641. The molecule has 1 aliphatic heterocycles. The topological polar surface area (TPSA) is 82.0 Å². The molecule has 1 aromatic rings. The van der Waals surface area contributed by atoms with Crippen molar-refractivity contribution in [2.24, 2.45) is 0 Å². The van der Waals surface area contributed by atoms with Gasteiger partial charge in [-0.1, -0.05) is 6.42 Å². The number of hydrogen-bond acceptors (Lipinski definition) is 4. The molecule has 1 aromatic carbocycles. The Kier molecular flexibility index (Phi) is 4.88. The predicted molar refractivity (Wildman–Crippen MR) is 71.9 cm³/mol. The molecule has 114 valence electrons. The number of halogens is 2. The molecule has 0 spiro atoms. The Morgan fingerprint density at radius 3 is 2.52 bits per heavy atom. The number of benzene rings is 1. The van der Waals surface area contributed by atoms with Crippen molar-refractivity contribution >= 4 is 10.0 Å². The largest absolute Gasteiger partial charge is 0.313 e. The van der Waals surface area contributed by atoms with Gasteiger partial charge in [-0.15, -0.1) is 0 Å². The average molecular weight is 315 g/mol. The summed E-state index contributed by atoms with van der Waals surface area (Å²) in [6.07, 6.45) is 2.82. The van der Waals surface area contributed by atoms with Gasteiger partial charge < -0.3 is 5.32 Å². The van der Waals surface area contributed by atoms with Gasteiger partial charge in [0.25, 0.3) is 0 Å². The van der Waals surface area contributed by atoms with Crippen molar-refractivity contribution in [3.05, 3.63) is 29.3 Å². The maximum Gasteiger partial charge on any atom is 0.246 e. The molecular formula is C13H15F2N3O2S. The number of nitrogens with one attached hydrogen (secondary N) is 2. The molecule has 0 amide bonds. The Morgan fingerprint density at radius 1 is 1.33 bits per heavy atom. The van der Waals surface area contributed by atoms with Crippen LogP contribution in [0.4, 0.5) is 8.78 Å². The highest BCUT2D eigenvalue weighted by molar-refractivity contribution is 7.89. The van der Waals surface area contributed by atoms with Crippen LogP contribution in [0.1, 0.15) is 24.8 Å². The Balaban J connectivity index is 2.17. The van der Waals surface area contributed by atoms with Crippen molar-refractivity contribution in [3.63, 3.8) is 0 Å². The zero-order valence-corrected chi connectivity index (χ0v) is 12.0. The van der Waals surface area contributed by atoms with Crippen LogP contribution in [0.3, 0.4) is 0 Å². The highest BCUT2D eigenvalue weighted by atomic mass is 32.2. The van der Waals surface area contributed by atoms with Crippen LogP contribution in [-0.2, 0) is 10.0 Å². The molecule has 2 rings (SSSR count). The quantitative estimate of drug-likeness (QED) is 0.876. The van der Waals surface area contributed by atoms with Gasteiger partial charge >= 0.3 is 0 Å². The van der Waals surface area contributed by atoms with Crippen LogP contribution in [0.2, 0.25) is 0 Å². The third-order valence-electron chi connectivity index (χ3n) is 3.33. The second kappa shape index (κ2) is 6.47. The summed E-state index contributed by atoms with van der Waals surface area (Å²) >= 11 is 0. The first-order valence-corrected chi connectivity index (χ1v) is 8.04. The van der Waals surface area contributed by atoms with Crippen molar-refractivity contribution in [2.45, 2.75) is 30.2 Å². The molecule has 0 saturated carbocycles. The minimum Gasteiger partial charge on any atom is -0.313 e. The van der Waals surface area contributed by atoms with E-state index in [1.54, 1.807) is 6.07 Å². The lowest BCUT2D eigenvalue weighted by molar-refractivity contribution is 0.397. The molecule has 0 radical (unpaired) electrons. The number of nitrogens with zero attached hydrogens (tertiary/aromatic N) is 1. The van der Waals surface area contributed by atoms with Crippen molar-refractivity contribution < 1.29 is 17.2 Å². The van der Waals surface area contributed by atoms with Gasteiger partial charge in [0.2, 0.25) is 10.0 Å². The van der Waals surface area contributed by atoms with Gasteiger partial charge in [0, 0.05) is 12.6 Å². The lowest BCUT2D eigenvalue weighted by Gasteiger charge is -2.23. The van der Waals surface area contributed by atoms with E-state index in [1.807, 2.05) is 0 Å². The van der Waals surface area contributed by atoms with Crippen LogP contribution in [-0.4, -0.2) is 27.5 Å². The van der Waals surface area contributed by atoms with E-state index in [0.29, 0.717) is 12.1 Å². The molecule has 21 heavy (non-hydrogen) atoms. The molecule has 1 heterocycles. The zero-order valence-electron chi connectivity index (χ0n) is 11.2. The molecular weight excluding hydrogens is 300 g/mol. The van der Waals surface area contributed by atoms with Crippen LogP contribution >= 0.6 is 0 Å². The van der Waals surface area contributed by atoms with Crippen molar-refractivity contribution in [1.29, 1.82) is 5.26 Å². The fraction of sp³-hybridized carbons (Fsp3) is 0.462. The van der Waals surface area contributed by atoms with E-state index < -0.39 is 26.6 Å². The number of rotatable bonds is 4. The SMILES string of the molecule is N#Cc1cc(F)c(S(=O)(=O)NCC2CCCCN2)c(F)c1. The van der Waals surface area contributed by atoms with Gasteiger partial charge in [-0.05, 0) is 31.5 Å². The highest BCUT2D eigenvalue weighted by Crippen LogP contribution is 2.20. The van der Waals surface area contributed by atoms with E-state index in [9.17, 15) is 17.2 Å². The van der Waals surface area contributed by atoms with Gasteiger partial charge in [-0.25, -0.2) is 21.9 Å². The summed E-state index contributed by atoms with van der Waals surface area (Å²) < 4.78 is 53.7. The summed E-state index contributed by atoms with van der Waals surface area (Å²) in [7, 11) is -4.30. The molecule has 2 N–H and O–H groups in total. The van der Waals surface area contributed by atoms with Crippen LogP contribution in [0.15, 0.2) is 17.0 Å². The summed E-state index contributed by atoms with van der Waals surface area (Å²) in [4.78, 5) is -1.04. The molecule has 1 saturated heterocycles. The van der Waals surface area contributed by atoms with Gasteiger partial charge in [-0.3, -0.25) is 0 Å². The maximum atomic E-state index is 13.7. The average Bonchev–Trinajstić information content (AvgIpc) is 2.45. The van der Waals surface area contributed by atoms with Crippen LogP contribution in [0.25, 0.3) is 0 Å². The molecule has 1 fully saturated rings. The minimum absolute atomic E-state index is 0.0435. The monoisotopic (exact) mass is 315 g/mol. The Morgan fingerprint density at radius 2 is 2.00 bits per heavy atom. The summed E-state index contributed by atoms with van der Waals surface area (Å²) in [6, 6.07) is 2.93. The number of nitriles is 1. The summed E-state index contributed by atoms with van der Waals surface area (Å²) in [5.74, 6) is -2.54. The fourth-order valence-corrected chi connectivity index (χ4v) is 3.46. The van der Waals surface area contributed by atoms with Crippen molar-refractivity contribution in [1.82, 2.24) is 10.0 Å². The number of sulfonamides is 1.